The van der Waals surface area contributed by atoms with E-state index in [1.807, 2.05) is 4.52 Å². The summed E-state index contributed by atoms with van der Waals surface area (Å²) in [6, 6.07) is 13.2. The molecule has 0 saturated carbocycles. The highest BCUT2D eigenvalue weighted by Gasteiger charge is 2.38. The number of anilines is 1. The molecule has 0 radical (unpaired) electrons. The third-order valence-corrected chi connectivity index (χ3v) is 6.65. The molecule has 2 aliphatic heterocycles. The second-order valence-electron chi connectivity index (χ2n) is 10.0. The zero-order chi connectivity index (χ0) is 31.1. The summed E-state index contributed by atoms with van der Waals surface area (Å²) in [5.74, 6) is -4.08. The van der Waals surface area contributed by atoms with Crippen molar-refractivity contribution in [2.24, 2.45) is 0 Å². The Balaban J connectivity index is 0.000000289. The Labute approximate surface area is 237 Å². The number of alkyl halides is 6. The van der Waals surface area contributed by atoms with Crippen LogP contribution in [0.3, 0.4) is 0 Å². The smallest absolute Gasteiger partial charge is 0.475 e. The summed E-state index contributed by atoms with van der Waals surface area (Å²) in [7, 11) is 0. The molecular weight excluding hydrogens is 572 g/mol. The van der Waals surface area contributed by atoms with Gasteiger partial charge in [-0.3, -0.25) is 4.90 Å². The summed E-state index contributed by atoms with van der Waals surface area (Å²) in [6.07, 6.45) is -3.03. The van der Waals surface area contributed by atoms with Crippen LogP contribution >= 0.6 is 0 Å². The Kier molecular flexibility index (Phi) is 10.8. The number of nitrogens with zero attached hydrogens (tertiary/aromatic N) is 5. The number of likely N-dealkylation sites (tertiary alicyclic amines) is 1. The van der Waals surface area contributed by atoms with Gasteiger partial charge in [-0.2, -0.15) is 31.4 Å². The fourth-order valence-electron chi connectivity index (χ4n) is 4.70. The second kappa shape index (κ2) is 13.9. The number of halogens is 6. The molecule has 2 aliphatic rings. The Bertz CT molecular complexity index is 1330. The highest BCUT2D eigenvalue weighted by molar-refractivity contribution is 5.73. The maximum Gasteiger partial charge on any atom is 0.490 e. The lowest BCUT2D eigenvalue weighted by Crippen LogP contribution is -2.34. The number of pyridine rings is 1. The fourth-order valence-corrected chi connectivity index (χ4v) is 4.70. The van der Waals surface area contributed by atoms with Crippen molar-refractivity contribution in [1.29, 1.82) is 0 Å². The Morgan fingerprint density at radius 2 is 1.55 bits per heavy atom. The first-order chi connectivity index (χ1) is 19.6. The van der Waals surface area contributed by atoms with E-state index in [1.54, 1.807) is 0 Å². The standard InChI is InChI=1S/C23H29N5.2C2HF3O2/c1-18-6-4-7-19(14-18)15-26-11-5-8-20(16-26)23-24-22-10-9-21(17-28(22)25-23)27-12-2-3-13-27;2*3-2(4,5)1(6)7/h4,6-7,9-10,14,17,20H,2-3,5,8,11-13,15-16H2,1H3;2*(H,6,7). The number of piperidine rings is 1. The third kappa shape index (κ3) is 9.60. The van der Waals surface area contributed by atoms with Crippen LogP contribution in [0.25, 0.3) is 5.65 Å². The van der Waals surface area contributed by atoms with E-state index < -0.39 is 24.3 Å². The number of benzene rings is 1. The van der Waals surface area contributed by atoms with Crippen LogP contribution in [0.4, 0.5) is 32.0 Å². The van der Waals surface area contributed by atoms with E-state index in [1.165, 1.54) is 42.5 Å². The van der Waals surface area contributed by atoms with Gasteiger partial charge in [0.2, 0.25) is 0 Å². The highest BCUT2D eigenvalue weighted by Crippen LogP contribution is 2.27. The van der Waals surface area contributed by atoms with Crippen molar-refractivity contribution in [3.63, 3.8) is 0 Å². The van der Waals surface area contributed by atoms with Gasteiger partial charge >= 0.3 is 24.3 Å². The summed E-state index contributed by atoms with van der Waals surface area (Å²) >= 11 is 0. The van der Waals surface area contributed by atoms with E-state index in [0.29, 0.717) is 5.92 Å². The molecule has 5 rings (SSSR count). The molecule has 15 heteroatoms. The molecule has 2 N–H and O–H groups in total. The Morgan fingerprint density at radius 1 is 0.929 bits per heavy atom. The minimum absolute atomic E-state index is 0.425. The normalized spacial score (nSPS) is 17.7. The van der Waals surface area contributed by atoms with Gasteiger partial charge in [0.25, 0.3) is 0 Å². The molecule has 230 valence electrons. The van der Waals surface area contributed by atoms with Crippen LogP contribution in [-0.2, 0) is 16.1 Å². The van der Waals surface area contributed by atoms with Crippen molar-refractivity contribution in [2.45, 2.75) is 57.4 Å². The van der Waals surface area contributed by atoms with Crippen LogP contribution in [0, 0.1) is 6.92 Å². The minimum Gasteiger partial charge on any atom is -0.475 e. The maximum absolute atomic E-state index is 10.6. The van der Waals surface area contributed by atoms with Crippen LogP contribution in [0.15, 0.2) is 42.6 Å². The molecule has 3 aromatic rings. The molecule has 1 unspecified atom stereocenters. The molecule has 2 saturated heterocycles. The summed E-state index contributed by atoms with van der Waals surface area (Å²) in [5.41, 5.74) is 4.97. The van der Waals surface area contributed by atoms with Crippen LogP contribution in [0.2, 0.25) is 0 Å². The van der Waals surface area contributed by atoms with Crippen LogP contribution in [0.1, 0.15) is 48.6 Å². The third-order valence-electron chi connectivity index (χ3n) is 6.65. The number of aliphatic carboxylic acids is 2. The Hall–Kier alpha value is -3.88. The largest absolute Gasteiger partial charge is 0.490 e. The summed E-state index contributed by atoms with van der Waals surface area (Å²) < 4.78 is 65.5. The molecule has 0 amide bonds. The number of hydrogen-bond acceptors (Lipinski definition) is 6. The van der Waals surface area contributed by atoms with Crippen LogP contribution in [-0.4, -0.2) is 80.2 Å². The average molecular weight is 604 g/mol. The van der Waals surface area contributed by atoms with E-state index >= 15 is 0 Å². The zero-order valence-electron chi connectivity index (χ0n) is 22.7. The molecule has 0 aliphatic carbocycles. The molecular formula is C27H31F6N5O4. The molecule has 2 aromatic heterocycles. The number of hydrogen-bond donors (Lipinski definition) is 2. The van der Waals surface area contributed by atoms with Gasteiger partial charge in [0.15, 0.2) is 11.5 Å². The SMILES string of the molecule is Cc1cccc(CN2CCCC(c3nc4ccc(N5CCCC5)cn4n3)C2)c1.O=C(O)C(F)(F)F.O=C(O)C(F)(F)F. The lowest BCUT2D eigenvalue weighted by Gasteiger charge is -2.31. The lowest BCUT2D eigenvalue weighted by atomic mass is 9.97. The number of aromatic nitrogens is 3. The fraction of sp³-hybridized carbons (Fsp3) is 0.481. The highest BCUT2D eigenvalue weighted by atomic mass is 19.4. The number of carboxylic acids is 2. The van der Waals surface area contributed by atoms with E-state index in [2.05, 4.69) is 59.3 Å². The molecule has 1 aromatic carbocycles. The quantitative estimate of drug-likeness (QED) is 0.388. The van der Waals surface area contributed by atoms with Gasteiger partial charge in [-0.25, -0.2) is 19.1 Å². The van der Waals surface area contributed by atoms with Crippen molar-refractivity contribution >= 4 is 23.3 Å². The molecule has 0 spiro atoms. The molecule has 1 atom stereocenters. The number of carbonyl (C=O) groups is 2. The predicted octanol–water partition coefficient (Wildman–Crippen LogP) is 5.28. The zero-order valence-corrected chi connectivity index (χ0v) is 22.7. The number of fused-ring (bicyclic) bond motifs is 1. The van der Waals surface area contributed by atoms with Crippen molar-refractivity contribution in [3.8, 4) is 0 Å². The van der Waals surface area contributed by atoms with Gasteiger partial charge < -0.3 is 15.1 Å². The average Bonchev–Trinajstić information content (AvgIpc) is 3.59. The monoisotopic (exact) mass is 603 g/mol. The van der Waals surface area contributed by atoms with Gasteiger partial charge in [0, 0.05) is 32.1 Å². The van der Waals surface area contributed by atoms with Gasteiger partial charge in [-0.15, -0.1) is 0 Å². The van der Waals surface area contributed by atoms with Crippen LogP contribution < -0.4 is 4.90 Å². The number of carboxylic acid groups (broad SMARTS) is 2. The lowest BCUT2D eigenvalue weighted by molar-refractivity contribution is -0.193. The molecule has 9 nitrogen and oxygen atoms in total. The van der Waals surface area contributed by atoms with Crippen molar-refractivity contribution in [1.82, 2.24) is 19.5 Å². The number of rotatable bonds is 4. The van der Waals surface area contributed by atoms with E-state index in [-0.39, 0.29) is 0 Å². The molecule has 0 bridgehead atoms. The second-order valence-corrected chi connectivity index (χ2v) is 10.0. The van der Waals surface area contributed by atoms with Crippen molar-refractivity contribution in [3.05, 3.63) is 59.5 Å². The van der Waals surface area contributed by atoms with E-state index in [0.717, 1.165) is 44.2 Å². The Morgan fingerprint density at radius 3 is 2.12 bits per heavy atom. The van der Waals surface area contributed by atoms with Gasteiger partial charge in [-0.05, 0) is 56.8 Å². The predicted molar refractivity (Wildman–Crippen MR) is 140 cm³/mol. The minimum atomic E-state index is -5.08. The summed E-state index contributed by atoms with van der Waals surface area (Å²) in [4.78, 5) is 27.7. The van der Waals surface area contributed by atoms with Crippen molar-refractivity contribution < 1.29 is 46.1 Å². The molecule has 2 fully saturated rings. The van der Waals surface area contributed by atoms with E-state index in [9.17, 15) is 26.3 Å². The summed E-state index contributed by atoms with van der Waals surface area (Å²) in [5, 5.41) is 19.1. The number of aryl methyl sites for hydroxylation is 1. The topological polar surface area (TPSA) is 111 Å². The van der Waals surface area contributed by atoms with Crippen LogP contribution in [0.5, 0.6) is 0 Å². The van der Waals surface area contributed by atoms with Gasteiger partial charge in [0.1, 0.15) is 0 Å². The molecule has 42 heavy (non-hydrogen) atoms. The first-order valence-electron chi connectivity index (χ1n) is 13.1. The van der Waals surface area contributed by atoms with Gasteiger partial charge in [0.05, 0.1) is 11.9 Å². The first kappa shape index (κ1) is 32.6. The first-order valence-corrected chi connectivity index (χ1v) is 13.1. The maximum atomic E-state index is 10.6. The summed E-state index contributed by atoms with van der Waals surface area (Å²) in [6.45, 7) is 7.71. The van der Waals surface area contributed by atoms with E-state index in [4.69, 9.17) is 29.9 Å². The van der Waals surface area contributed by atoms with Gasteiger partial charge in [-0.1, -0.05) is 29.8 Å². The van der Waals surface area contributed by atoms with Crippen molar-refractivity contribution in [2.75, 3.05) is 31.1 Å². The molecule has 4 heterocycles.